The molecule has 4 rings (SSSR count). The molecule has 11 heteroatoms. The van der Waals surface area contributed by atoms with Gasteiger partial charge in [0.15, 0.2) is 5.16 Å². The summed E-state index contributed by atoms with van der Waals surface area (Å²) in [7, 11) is 0. The zero-order valence-corrected chi connectivity index (χ0v) is 22.7. The van der Waals surface area contributed by atoms with Crippen molar-refractivity contribution in [2.24, 2.45) is 0 Å². The maximum atomic E-state index is 12.9. The Hall–Kier alpha value is -2.72. The van der Waals surface area contributed by atoms with Crippen molar-refractivity contribution < 1.29 is 9.59 Å². The van der Waals surface area contributed by atoms with Gasteiger partial charge < -0.3 is 24.9 Å². The van der Waals surface area contributed by atoms with Crippen LogP contribution in [0.15, 0.2) is 35.5 Å². The lowest BCUT2D eigenvalue weighted by Crippen LogP contribution is -2.56. The van der Waals surface area contributed by atoms with Gasteiger partial charge in [0, 0.05) is 70.2 Å². The molecule has 1 aromatic carbocycles. The van der Waals surface area contributed by atoms with Crippen molar-refractivity contribution >= 4 is 46.8 Å². The summed E-state index contributed by atoms with van der Waals surface area (Å²) in [6.45, 7) is 11.6. The van der Waals surface area contributed by atoms with Crippen LogP contribution in [0.1, 0.15) is 19.4 Å². The molecule has 0 radical (unpaired) electrons. The highest BCUT2D eigenvalue weighted by Crippen LogP contribution is 2.25. The molecular weight excluding hydrogens is 498 g/mol. The van der Waals surface area contributed by atoms with Gasteiger partial charge in [-0.15, -0.1) is 0 Å². The van der Waals surface area contributed by atoms with Crippen LogP contribution in [-0.4, -0.2) is 95.9 Å². The molecule has 1 N–H and O–H groups in total. The number of piperazine rings is 2. The standard InChI is InChI=1S/C25H34ClN7O2S/c1-4-27-25(35)33-14-13-32(16-19(33)3)22-15-21(26)28-24(29-22)36-17-23(34)31-11-9-30(10-12-31)20-8-6-5-7-18(20)2/h5-8,15,19H,4,9-14,16-17H2,1-3H3,(H,27,35). The van der Waals surface area contributed by atoms with Gasteiger partial charge in [-0.25, -0.2) is 14.8 Å². The summed E-state index contributed by atoms with van der Waals surface area (Å²) in [6.07, 6.45) is 0. The largest absolute Gasteiger partial charge is 0.368 e. The molecule has 194 valence electrons. The summed E-state index contributed by atoms with van der Waals surface area (Å²) in [5.74, 6) is 1.07. The van der Waals surface area contributed by atoms with Crippen LogP contribution in [-0.2, 0) is 4.79 Å². The van der Waals surface area contributed by atoms with Crippen LogP contribution in [0, 0.1) is 6.92 Å². The van der Waals surface area contributed by atoms with E-state index in [1.807, 2.05) is 29.7 Å². The average Bonchev–Trinajstić information content (AvgIpc) is 2.87. The average molecular weight is 532 g/mol. The van der Waals surface area contributed by atoms with Crippen molar-refractivity contribution in [3.8, 4) is 0 Å². The fraction of sp³-hybridized carbons (Fsp3) is 0.520. The number of amides is 3. The third kappa shape index (κ3) is 6.34. The first-order valence-corrected chi connectivity index (χ1v) is 13.8. The van der Waals surface area contributed by atoms with Crippen LogP contribution >= 0.6 is 23.4 Å². The number of anilines is 2. The zero-order chi connectivity index (χ0) is 25.7. The molecule has 1 unspecified atom stereocenters. The maximum absolute atomic E-state index is 12.9. The predicted octanol–water partition coefficient (Wildman–Crippen LogP) is 3.12. The molecule has 1 atom stereocenters. The molecule has 2 aromatic rings. The van der Waals surface area contributed by atoms with E-state index in [0.29, 0.717) is 49.6 Å². The summed E-state index contributed by atoms with van der Waals surface area (Å²) in [5, 5.41) is 3.70. The van der Waals surface area contributed by atoms with E-state index in [1.54, 1.807) is 6.07 Å². The van der Waals surface area contributed by atoms with E-state index in [0.717, 1.165) is 18.9 Å². The monoisotopic (exact) mass is 531 g/mol. The number of hydrogen-bond donors (Lipinski definition) is 1. The number of aromatic nitrogens is 2. The number of nitrogens with one attached hydrogen (secondary N) is 1. The number of rotatable bonds is 6. The van der Waals surface area contributed by atoms with Crippen molar-refractivity contribution in [2.75, 3.05) is 67.9 Å². The first-order valence-electron chi connectivity index (χ1n) is 12.4. The van der Waals surface area contributed by atoms with Gasteiger partial charge in [-0.05, 0) is 32.4 Å². The second-order valence-electron chi connectivity index (χ2n) is 9.10. The Bertz CT molecular complexity index is 1080. The van der Waals surface area contributed by atoms with Gasteiger partial charge in [0.1, 0.15) is 11.0 Å². The molecule has 0 spiro atoms. The molecule has 3 heterocycles. The number of carbonyl (C=O) groups excluding carboxylic acids is 2. The summed E-state index contributed by atoms with van der Waals surface area (Å²) in [4.78, 5) is 42.4. The van der Waals surface area contributed by atoms with E-state index in [-0.39, 0.29) is 23.7 Å². The Balaban J connectivity index is 1.31. The SMILES string of the molecule is CCNC(=O)N1CCN(c2cc(Cl)nc(SCC(=O)N3CCN(c4ccccc4C)CC3)n2)CC1C. The molecule has 3 amide bonds. The number of aryl methyl sites for hydroxylation is 1. The minimum absolute atomic E-state index is 0.0371. The summed E-state index contributed by atoms with van der Waals surface area (Å²) < 4.78 is 0. The Morgan fingerprint density at radius 3 is 2.50 bits per heavy atom. The van der Waals surface area contributed by atoms with E-state index in [1.165, 1.54) is 23.0 Å². The highest BCUT2D eigenvalue weighted by Gasteiger charge is 2.28. The van der Waals surface area contributed by atoms with Crippen LogP contribution in [0.3, 0.4) is 0 Å². The van der Waals surface area contributed by atoms with Crippen LogP contribution in [0.25, 0.3) is 0 Å². The molecule has 2 aliphatic heterocycles. The van der Waals surface area contributed by atoms with Crippen molar-refractivity contribution in [3.05, 3.63) is 41.0 Å². The molecule has 2 aliphatic rings. The van der Waals surface area contributed by atoms with Crippen molar-refractivity contribution in [2.45, 2.75) is 32.0 Å². The van der Waals surface area contributed by atoms with E-state index in [2.05, 4.69) is 50.2 Å². The summed E-state index contributed by atoms with van der Waals surface area (Å²) >= 11 is 7.62. The third-order valence-electron chi connectivity index (χ3n) is 6.61. The quantitative estimate of drug-likeness (QED) is 0.348. The molecule has 0 saturated carbocycles. The number of para-hydroxylation sites is 1. The summed E-state index contributed by atoms with van der Waals surface area (Å²) in [5.41, 5.74) is 2.49. The Morgan fingerprint density at radius 2 is 1.81 bits per heavy atom. The van der Waals surface area contributed by atoms with E-state index >= 15 is 0 Å². The minimum atomic E-state index is -0.0418. The highest BCUT2D eigenvalue weighted by molar-refractivity contribution is 7.99. The number of nitrogens with zero attached hydrogens (tertiary/aromatic N) is 6. The number of hydrogen-bond acceptors (Lipinski definition) is 7. The lowest BCUT2D eigenvalue weighted by Gasteiger charge is -2.40. The predicted molar refractivity (Wildman–Crippen MR) is 145 cm³/mol. The van der Waals surface area contributed by atoms with Crippen LogP contribution < -0.4 is 15.1 Å². The van der Waals surface area contributed by atoms with Crippen LogP contribution in [0.5, 0.6) is 0 Å². The van der Waals surface area contributed by atoms with E-state index < -0.39 is 0 Å². The molecule has 9 nitrogen and oxygen atoms in total. The lowest BCUT2D eigenvalue weighted by molar-refractivity contribution is -0.128. The second-order valence-corrected chi connectivity index (χ2v) is 10.4. The normalized spacial score (nSPS) is 18.4. The number of halogens is 1. The van der Waals surface area contributed by atoms with Gasteiger partial charge in [-0.1, -0.05) is 41.6 Å². The molecule has 1 aromatic heterocycles. The topological polar surface area (TPSA) is 84.9 Å². The Labute approximate surface area is 222 Å². The van der Waals surface area contributed by atoms with Gasteiger partial charge in [0.25, 0.3) is 0 Å². The fourth-order valence-electron chi connectivity index (χ4n) is 4.66. The molecule has 0 bridgehead atoms. The van der Waals surface area contributed by atoms with Crippen LogP contribution in [0.2, 0.25) is 5.15 Å². The Kier molecular flexibility index (Phi) is 8.79. The van der Waals surface area contributed by atoms with Gasteiger partial charge in [0.05, 0.1) is 5.75 Å². The molecular formula is C25H34ClN7O2S. The molecule has 36 heavy (non-hydrogen) atoms. The Morgan fingerprint density at radius 1 is 1.08 bits per heavy atom. The number of urea groups is 1. The van der Waals surface area contributed by atoms with Gasteiger partial charge in [0.2, 0.25) is 5.91 Å². The lowest BCUT2D eigenvalue weighted by atomic mass is 10.1. The third-order valence-corrected chi connectivity index (χ3v) is 7.64. The number of carbonyl (C=O) groups is 2. The number of benzene rings is 1. The zero-order valence-electron chi connectivity index (χ0n) is 21.1. The van der Waals surface area contributed by atoms with Gasteiger partial charge >= 0.3 is 6.03 Å². The van der Waals surface area contributed by atoms with Crippen LogP contribution in [0.4, 0.5) is 16.3 Å². The maximum Gasteiger partial charge on any atom is 0.317 e. The second kappa shape index (κ2) is 12.0. The smallest absolute Gasteiger partial charge is 0.317 e. The molecule has 0 aliphatic carbocycles. The van der Waals surface area contributed by atoms with Gasteiger partial charge in [-0.2, -0.15) is 0 Å². The van der Waals surface area contributed by atoms with E-state index in [4.69, 9.17) is 11.6 Å². The first-order chi connectivity index (χ1) is 17.4. The number of thioether (sulfide) groups is 1. The first kappa shape index (κ1) is 26.3. The highest BCUT2D eigenvalue weighted by atomic mass is 35.5. The fourth-order valence-corrected chi connectivity index (χ4v) is 5.65. The molecule has 2 saturated heterocycles. The van der Waals surface area contributed by atoms with Crippen molar-refractivity contribution in [3.63, 3.8) is 0 Å². The van der Waals surface area contributed by atoms with E-state index in [9.17, 15) is 9.59 Å². The summed E-state index contributed by atoms with van der Waals surface area (Å²) in [6, 6.07) is 10.1. The van der Waals surface area contributed by atoms with Crippen molar-refractivity contribution in [1.29, 1.82) is 0 Å². The molecule has 2 fully saturated rings. The van der Waals surface area contributed by atoms with Gasteiger partial charge in [-0.3, -0.25) is 4.79 Å². The van der Waals surface area contributed by atoms with Crippen molar-refractivity contribution in [1.82, 2.24) is 25.1 Å². The minimum Gasteiger partial charge on any atom is -0.368 e.